The molecule has 1 amide bonds. The summed E-state index contributed by atoms with van der Waals surface area (Å²) in [7, 11) is -0.0475. The number of anilines is 2. The molecule has 14 heteroatoms. The van der Waals surface area contributed by atoms with Crippen LogP contribution in [0.5, 0.6) is 17.4 Å². The van der Waals surface area contributed by atoms with Crippen molar-refractivity contribution in [3.8, 4) is 23.4 Å². The number of sulfonamides is 1. The van der Waals surface area contributed by atoms with Gasteiger partial charge in [0.2, 0.25) is 5.88 Å². The number of piperazine rings is 1. The molecule has 2 aliphatic heterocycles. The Labute approximate surface area is 289 Å². The van der Waals surface area contributed by atoms with E-state index >= 15 is 4.79 Å². The smallest absolute Gasteiger partial charge is 0.336 e. The second-order valence-electron chi connectivity index (χ2n) is 11.8. The van der Waals surface area contributed by atoms with E-state index in [2.05, 4.69) is 20.9 Å². The first kappa shape index (κ1) is 34.2. The second kappa shape index (κ2) is 13.3. The number of pyridine rings is 1. The second-order valence-corrected chi connectivity index (χ2v) is 13.6. The first-order valence-electron chi connectivity index (χ1n) is 15.8. The molecule has 1 aromatic heterocycles. The number of aromatic nitrogens is 1. The van der Waals surface area contributed by atoms with Gasteiger partial charge in [0.25, 0.3) is 15.9 Å². The van der Waals surface area contributed by atoms with Gasteiger partial charge in [0.05, 0.1) is 43.7 Å². The lowest BCUT2D eigenvalue weighted by Crippen LogP contribution is -2.46. The van der Waals surface area contributed by atoms with E-state index in [1.54, 1.807) is 31.2 Å². The van der Waals surface area contributed by atoms with Gasteiger partial charge in [-0.2, -0.15) is 5.26 Å². The molecule has 0 radical (unpaired) electrons. The number of methoxy groups -OCH3 is 2. The van der Waals surface area contributed by atoms with Crippen molar-refractivity contribution in [2.45, 2.75) is 17.2 Å². The number of hydrogen-bond donors (Lipinski definition) is 1. The third kappa shape index (κ3) is 5.44. The number of nitriles is 1. The van der Waals surface area contributed by atoms with Gasteiger partial charge < -0.3 is 29.1 Å². The van der Waals surface area contributed by atoms with Gasteiger partial charge in [-0.1, -0.05) is 6.07 Å². The number of carboxylic acid groups (broad SMARTS) is 1. The van der Waals surface area contributed by atoms with Gasteiger partial charge in [-0.3, -0.25) is 4.79 Å². The number of nitrogens with zero attached hydrogens (tertiary/aromatic N) is 5. The Balaban J connectivity index is 1.74. The number of carboxylic acids is 1. The Kier molecular flexibility index (Phi) is 9.13. The van der Waals surface area contributed by atoms with Crippen LogP contribution in [0, 0.1) is 11.3 Å². The van der Waals surface area contributed by atoms with E-state index in [0.717, 1.165) is 13.1 Å². The third-order valence-electron chi connectivity index (χ3n) is 9.10. The van der Waals surface area contributed by atoms with Gasteiger partial charge in [-0.05, 0) is 74.1 Å². The summed E-state index contributed by atoms with van der Waals surface area (Å²) >= 11 is 0. The largest absolute Gasteiger partial charge is 0.497 e. The van der Waals surface area contributed by atoms with Gasteiger partial charge in [-0.15, -0.1) is 0 Å². The lowest BCUT2D eigenvalue weighted by atomic mass is 9.68. The maximum Gasteiger partial charge on any atom is 0.336 e. The maximum absolute atomic E-state index is 15.6. The predicted molar refractivity (Wildman–Crippen MR) is 184 cm³/mol. The zero-order valence-electron chi connectivity index (χ0n) is 27.9. The van der Waals surface area contributed by atoms with Crippen molar-refractivity contribution in [3.63, 3.8) is 0 Å². The molecule has 1 unspecified atom stereocenters. The summed E-state index contributed by atoms with van der Waals surface area (Å²) in [6.45, 7) is 4.63. The zero-order valence-corrected chi connectivity index (χ0v) is 28.7. The van der Waals surface area contributed by atoms with Crippen molar-refractivity contribution in [2.75, 3.05) is 63.3 Å². The lowest BCUT2D eigenvalue weighted by Gasteiger charge is -2.36. The van der Waals surface area contributed by atoms with Crippen LogP contribution in [-0.2, 0) is 20.2 Å². The molecule has 50 heavy (non-hydrogen) atoms. The molecule has 2 aliphatic rings. The molecule has 4 aromatic rings. The minimum atomic E-state index is -4.77. The van der Waals surface area contributed by atoms with Crippen LogP contribution in [0.3, 0.4) is 0 Å². The number of fused-ring (bicyclic) bond motifs is 1. The highest BCUT2D eigenvalue weighted by Gasteiger charge is 2.60. The highest BCUT2D eigenvalue weighted by molar-refractivity contribution is 7.93. The van der Waals surface area contributed by atoms with Crippen LogP contribution < -0.4 is 23.4 Å². The Hall–Kier alpha value is -5.65. The van der Waals surface area contributed by atoms with Crippen molar-refractivity contribution in [3.05, 3.63) is 101 Å². The van der Waals surface area contributed by atoms with Crippen LogP contribution in [0.2, 0.25) is 0 Å². The van der Waals surface area contributed by atoms with Crippen LogP contribution in [0.1, 0.15) is 39.5 Å². The van der Waals surface area contributed by atoms with E-state index in [1.807, 2.05) is 7.05 Å². The Morgan fingerprint density at radius 3 is 2.40 bits per heavy atom. The highest BCUT2D eigenvalue weighted by atomic mass is 32.2. The number of ether oxygens (including phenoxy) is 3. The first-order valence-corrected chi connectivity index (χ1v) is 17.2. The van der Waals surface area contributed by atoms with Gasteiger partial charge in [0, 0.05) is 55.3 Å². The molecule has 3 heterocycles. The fraction of sp³-hybridized carbons (Fsp3) is 0.278. The SMILES string of the molecule is CCOc1ncccc1C1(c2cc(N3CCN(C)CC3)ccc2C(=O)O)C(=O)N(S(=O)(=O)c2ccc(OC)cc2OC)c2ccc(C#N)cc21. The molecule has 3 aromatic carbocycles. The molecule has 1 fully saturated rings. The molecule has 0 aliphatic carbocycles. The number of amides is 1. The quantitative estimate of drug-likeness (QED) is 0.255. The average molecular weight is 698 g/mol. The van der Waals surface area contributed by atoms with Crippen molar-refractivity contribution < 1.29 is 37.3 Å². The van der Waals surface area contributed by atoms with Crippen molar-refractivity contribution in [2.24, 2.45) is 0 Å². The number of carbonyl (C=O) groups is 2. The number of likely N-dealkylation sites (N-methyl/N-ethyl adjacent to an activating group) is 1. The van der Waals surface area contributed by atoms with Gasteiger partial charge in [-0.25, -0.2) is 22.5 Å². The highest BCUT2D eigenvalue weighted by Crippen LogP contribution is 2.55. The minimum Gasteiger partial charge on any atom is -0.497 e. The topological polar surface area (TPSA) is 163 Å². The third-order valence-corrected chi connectivity index (χ3v) is 10.8. The predicted octanol–water partition coefficient (Wildman–Crippen LogP) is 3.89. The summed E-state index contributed by atoms with van der Waals surface area (Å²) in [4.78, 5) is 37.0. The van der Waals surface area contributed by atoms with Gasteiger partial charge in [0.1, 0.15) is 21.8 Å². The van der Waals surface area contributed by atoms with Crippen molar-refractivity contribution in [1.82, 2.24) is 9.88 Å². The van der Waals surface area contributed by atoms with Crippen LogP contribution in [0.4, 0.5) is 11.4 Å². The minimum absolute atomic E-state index is 0.000671. The van der Waals surface area contributed by atoms with Crippen LogP contribution in [-0.4, -0.2) is 89.3 Å². The summed E-state index contributed by atoms with van der Waals surface area (Å²) in [6, 6.07) is 18.2. The monoisotopic (exact) mass is 697 g/mol. The Bertz CT molecular complexity index is 2140. The van der Waals surface area contributed by atoms with E-state index in [-0.39, 0.29) is 56.6 Å². The van der Waals surface area contributed by atoms with Gasteiger partial charge in [0.15, 0.2) is 0 Å². The molecule has 1 N–H and O–H groups in total. The summed E-state index contributed by atoms with van der Waals surface area (Å²) in [5, 5.41) is 20.7. The van der Waals surface area contributed by atoms with E-state index in [9.17, 15) is 23.6 Å². The fourth-order valence-electron chi connectivity index (χ4n) is 6.67. The maximum atomic E-state index is 15.6. The van der Waals surface area contributed by atoms with Crippen molar-refractivity contribution in [1.29, 1.82) is 5.26 Å². The molecule has 1 saturated heterocycles. The molecule has 1 atom stereocenters. The molecule has 0 spiro atoms. The Morgan fingerprint density at radius 1 is 0.980 bits per heavy atom. The summed E-state index contributed by atoms with van der Waals surface area (Å²) in [5.74, 6) is -2.10. The van der Waals surface area contributed by atoms with E-state index < -0.39 is 27.3 Å². The molecule has 13 nitrogen and oxygen atoms in total. The van der Waals surface area contributed by atoms with E-state index in [4.69, 9.17) is 14.2 Å². The first-order chi connectivity index (χ1) is 24.0. The average Bonchev–Trinajstić information content (AvgIpc) is 3.39. The molecular weight excluding hydrogens is 662 g/mol. The summed E-state index contributed by atoms with van der Waals surface area (Å²) in [5.41, 5.74) is -1.53. The zero-order chi connectivity index (χ0) is 35.8. The van der Waals surface area contributed by atoms with E-state index in [1.165, 1.54) is 62.9 Å². The lowest BCUT2D eigenvalue weighted by molar-refractivity contribution is -0.119. The number of benzene rings is 3. The molecule has 258 valence electrons. The fourth-order valence-corrected chi connectivity index (χ4v) is 8.28. The Morgan fingerprint density at radius 2 is 1.74 bits per heavy atom. The standard InChI is InChI=1S/C36H35N5O8S/c1-5-49-33-27(7-6-14-38-33)36(28-20-24(9-11-26(28)34(42)43)40-17-15-39(2)16-18-40)29-19-23(22-37)8-12-30(29)41(35(36)44)50(45,46)32-13-10-25(47-3)21-31(32)48-4/h6-14,19-21H,5,15-18H2,1-4H3,(H,42,43). The number of carbonyl (C=O) groups excluding carboxylic acids is 1. The van der Waals surface area contributed by atoms with Crippen LogP contribution >= 0.6 is 0 Å². The molecular formula is C36H35N5O8S. The number of hydrogen-bond acceptors (Lipinski definition) is 11. The molecule has 0 bridgehead atoms. The van der Waals surface area contributed by atoms with Crippen LogP contribution in [0.25, 0.3) is 0 Å². The number of aromatic carboxylic acids is 1. The normalized spacial score (nSPS) is 17.6. The summed E-state index contributed by atoms with van der Waals surface area (Å²) < 4.78 is 46.9. The molecule has 6 rings (SSSR count). The van der Waals surface area contributed by atoms with E-state index in [0.29, 0.717) is 28.8 Å². The van der Waals surface area contributed by atoms with Gasteiger partial charge >= 0.3 is 5.97 Å². The number of rotatable bonds is 10. The molecule has 0 saturated carbocycles. The van der Waals surface area contributed by atoms with Crippen molar-refractivity contribution >= 4 is 33.3 Å². The summed E-state index contributed by atoms with van der Waals surface area (Å²) in [6.07, 6.45) is 1.46. The van der Waals surface area contributed by atoms with Crippen LogP contribution in [0.15, 0.2) is 77.8 Å².